The number of rotatable bonds is 0. The van der Waals surface area contributed by atoms with E-state index in [1.165, 1.54) is 12.1 Å². The van der Waals surface area contributed by atoms with E-state index >= 15 is 0 Å². The van der Waals surface area contributed by atoms with E-state index in [-0.39, 0.29) is 5.39 Å². The maximum Gasteiger partial charge on any atom is 0.168 e. The minimum Gasteiger partial charge on any atom is -0.252 e. The first kappa shape index (κ1) is 9.52. The maximum absolute atomic E-state index is 13.3. The quantitative estimate of drug-likeness (QED) is 0.703. The molecular weight excluding hydrogens is 252 g/mol. The molecule has 0 saturated carbocycles. The largest absolute Gasteiger partial charge is 0.252 e. The highest BCUT2D eigenvalue weighted by Gasteiger charge is 2.09. The number of fused-ring (bicyclic) bond motifs is 1. The van der Waals surface area contributed by atoms with Crippen LogP contribution < -0.4 is 0 Å². The van der Waals surface area contributed by atoms with E-state index in [9.17, 15) is 8.78 Å². The molecule has 72 valence electrons. The second-order valence-electron chi connectivity index (χ2n) is 2.98. The maximum atomic E-state index is 13.3. The second kappa shape index (κ2) is 3.28. The molecule has 0 saturated heterocycles. The van der Waals surface area contributed by atoms with Crippen molar-refractivity contribution in [3.63, 3.8) is 0 Å². The summed E-state index contributed by atoms with van der Waals surface area (Å²) < 4.78 is 26.8. The second-order valence-corrected chi connectivity index (χ2v) is 3.84. The number of benzene rings is 1. The lowest BCUT2D eigenvalue weighted by atomic mass is 10.2. The molecule has 0 aliphatic rings. The standard InChI is InChI=1S/C10H6BrF2N/c1-5-7(11)4-6-9(14-5)3-2-8(12)10(6)13/h2-4H,1H3. The van der Waals surface area contributed by atoms with Gasteiger partial charge in [0.25, 0.3) is 0 Å². The number of pyridine rings is 1. The zero-order valence-electron chi connectivity index (χ0n) is 7.31. The van der Waals surface area contributed by atoms with Gasteiger partial charge in [-0.2, -0.15) is 0 Å². The van der Waals surface area contributed by atoms with Crippen LogP contribution in [0, 0.1) is 18.6 Å². The molecule has 0 spiro atoms. The van der Waals surface area contributed by atoms with Gasteiger partial charge in [-0.25, -0.2) is 8.78 Å². The lowest BCUT2D eigenvalue weighted by molar-refractivity contribution is 0.517. The molecule has 0 amide bonds. The number of hydrogen-bond donors (Lipinski definition) is 0. The zero-order chi connectivity index (χ0) is 10.3. The summed E-state index contributed by atoms with van der Waals surface area (Å²) in [4.78, 5) is 4.12. The number of nitrogens with zero attached hydrogens (tertiary/aromatic N) is 1. The molecule has 2 aromatic rings. The molecule has 4 heteroatoms. The highest BCUT2D eigenvalue weighted by atomic mass is 79.9. The van der Waals surface area contributed by atoms with Crippen LogP contribution in [0.2, 0.25) is 0 Å². The summed E-state index contributed by atoms with van der Waals surface area (Å²) in [6.45, 7) is 1.80. The molecule has 1 aromatic heterocycles. The zero-order valence-corrected chi connectivity index (χ0v) is 8.90. The van der Waals surface area contributed by atoms with E-state index in [4.69, 9.17) is 0 Å². The van der Waals surface area contributed by atoms with Crippen molar-refractivity contribution >= 4 is 26.8 Å². The van der Waals surface area contributed by atoms with Gasteiger partial charge >= 0.3 is 0 Å². The molecular formula is C10H6BrF2N. The van der Waals surface area contributed by atoms with Crippen LogP contribution in [-0.2, 0) is 0 Å². The molecule has 1 heterocycles. The number of aromatic nitrogens is 1. The smallest absolute Gasteiger partial charge is 0.168 e. The van der Waals surface area contributed by atoms with Crippen LogP contribution in [0.15, 0.2) is 22.7 Å². The lowest BCUT2D eigenvalue weighted by Crippen LogP contribution is -1.91. The normalized spacial score (nSPS) is 10.9. The van der Waals surface area contributed by atoms with Crippen LogP contribution in [-0.4, -0.2) is 4.98 Å². The summed E-state index contributed by atoms with van der Waals surface area (Å²) in [7, 11) is 0. The topological polar surface area (TPSA) is 12.9 Å². The van der Waals surface area contributed by atoms with E-state index in [0.717, 1.165) is 11.8 Å². The fraction of sp³-hybridized carbons (Fsp3) is 0.100. The van der Waals surface area contributed by atoms with Crippen molar-refractivity contribution in [2.45, 2.75) is 6.92 Å². The van der Waals surface area contributed by atoms with Crippen LogP contribution >= 0.6 is 15.9 Å². The Morgan fingerprint density at radius 2 is 2.00 bits per heavy atom. The SMILES string of the molecule is Cc1nc2ccc(F)c(F)c2cc1Br. The van der Waals surface area contributed by atoms with Crippen molar-refractivity contribution < 1.29 is 8.78 Å². The Hall–Kier alpha value is -1.03. The van der Waals surface area contributed by atoms with Gasteiger partial charge in [-0.1, -0.05) is 0 Å². The minimum atomic E-state index is -0.852. The van der Waals surface area contributed by atoms with E-state index < -0.39 is 11.6 Å². The average Bonchev–Trinajstić information content (AvgIpc) is 2.15. The summed E-state index contributed by atoms with van der Waals surface area (Å²) in [5.74, 6) is -1.70. The number of hydrogen-bond acceptors (Lipinski definition) is 1. The molecule has 0 unspecified atom stereocenters. The Morgan fingerprint density at radius 3 is 2.71 bits per heavy atom. The monoisotopic (exact) mass is 257 g/mol. The van der Waals surface area contributed by atoms with E-state index in [1.54, 1.807) is 6.92 Å². The molecule has 0 aliphatic heterocycles. The Kier molecular flexibility index (Phi) is 2.23. The molecule has 14 heavy (non-hydrogen) atoms. The first-order valence-electron chi connectivity index (χ1n) is 4.00. The Balaban J connectivity index is 2.89. The highest BCUT2D eigenvalue weighted by Crippen LogP contribution is 2.24. The molecule has 0 aliphatic carbocycles. The third-order valence-corrected chi connectivity index (χ3v) is 2.82. The molecule has 0 radical (unpaired) electrons. The highest BCUT2D eigenvalue weighted by molar-refractivity contribution is 9.10. The van der Waals surface area contributed by atoms with E-state index in [0.29, 0.717) is 9.99 Å². The molecule has 1 nitrogen and oxygen atoms in total. The molecule has 0 bridgehead atoms. The van der Waals surface area contributed by atoms with Crippen molar-refractivity contribution in [1.29, 1.82) is 0 Å². The lowest BCUT2D eigenvalue weighted by Gasteiger charge is -2.03. The summed E-state index contributed by atoms with van der Waals surface area (Å²) in [5, 5.41) is 0.197. The van der Waals surface area contributed by atoms with Crippen LogP contribution in [0.5, 0.6) is 0 Å². The van der Waals surface area contributed by atoms with Gasteiger partial charge in [0.05, 0.1) is 11.2 Å². The predicted molar refractivity (Wildman–Crippen MR) is 54.1 cm³/mol. The van der Waals surface area contributed by atoms with Crippen molar-refractivity contribution in [3.05, 3.63) is 40.0 Å². The van der Waals surface area contributed by atoms with Crippen LogP contribution in [0.25, 0.3) is 10.9 Å². The van der Waals surface area contributed by atoms with Crippen molar-refractivity contribution in [3.8, 4) is 0 Å². The summed E-state index contributed by atoms with van der Waals surface area (Å²) in [6, 6.07) is 4.08. The summed E-state index contributed by atoms with van der Waals surface area (Å²) in [6.07, 6.45) is 0. The van der Waals surface area contributed by atoms with Crippen molar-refractivity contribution in [2.24, 2.45) is 0 Å². The fourth-order valence-corrected chi connectivity index (χ4v) is 1.57. The Morgan fingerprint density at radius 1 is 1.29 bits per heavy atom. The molecule has 1 aromatic carbocycles. The van der Waals surface area contributed by atoms with Crippen LogP contribution in [0.1, 0.15) is 5.69 Å². The summed E-state index contributed by atoms with van der Waals surface area (Å²) >= 11 is 3.22. The van der Waals surface area contributed by atoms with E-state index in [2.05, 4.69) is 20.9 Å². The Labute approximate surface area is 87.9 Å². The van der Waals surface area contributed by atoms with Crippen molar-refractivity contribution in [2.75, 3.05) is 0 Å². The molecule has 0 N–H and O–H groups in total. The van der Waals surface area contributed by atoms with Crippen LogP contribution in [0.4, 0.5) is 8.78 Å². The number of aryl methyl sites for hydroxylation is 1. The van der Waals surface area contributed by atoms with E-state index in [1.807, 2.05) is 0 Å². The first-order chi connectivity index (χ1) is 6.59. The average molecular weight is 258 g/mol. The van der Waals surface area contributed by atoms with Crippen LogP contribution in [0.3, 0.4) is 0 Å². The molecule has 0 atom stereocenters. The van der Waals surface area contributed by atoms with Gasteiger partial charge < -0.3 is 0 Å². The fourth-order valence-electron chi connectivity index (χ4n) is 1.26. The minimum absolute atomic E-state index is 0.197. The summed E-state index contributed by atoms with van der Waals surface area (Å²) in [5.41, 5.74) is 1.22. The van der Waals surface area contributed by atoms with Gasteiger partial charge in [0, 0.05) is 9.86 Å². The third-order valence-electron chi connectivity index (χ3n) is 2.01. The third kappa shape index (κ3) is 1.39. The molecule has 2 rings (SSSR count). The number of halogens is 3. The van der Waals surface area contributed by atoms with Gasteiger partial charge in [0.1, 0.15) is 0 Å². The molecule has 0 fully saturated rings. The van der Waals surface area contributed by atoms with Gasteiger partial charge in [-0.05, 0) is 41.1 Å². The van der Waals surface area contributed by atoms with Gasteiger partial charge in [-0.15, -0.1) is 0 Å². The van der Waals surface area contributed by atoms with Gasteiger partial charge in [0.15, 0.2) is 11.6 Å². The first-order valence-corrected chi connectivity index (χ1v) is 4.80. The predicted octanol–water partition coefficient (Wildman–Crippen LogP) is 3.58. The Bertz CT molecular complexity index is 511. The van der Waals surface area contributed by atoms with Gasteiger partial charge in [-0.3, -0.25) is 4.98 Å². The van der Waals surface area contributed by atoms with Gasteiger partial charge in [0.2, 0.25) is 0 Å². The van der Waals surface area contributed by atoms with Crippen molar-refractivity contribution in [1.82, 2.24) is 4.98 Å².